The van der Waals surface area contributed by atoms with E-state index in [1.54, 1.807) is 11.0 Å². The molecule has 0 saturated heterocycles. The summed E-state index contributed by atoms with van der Waals surface area (Å²) >= 11 is 0. The van der Waals surface area contributed by atoms with E-state index in [2.05, 4.69) is 4.98 Å². The summed E-state index contributed by atoms with van der Waals surface area (Å²) in [5, 5.41) is 0.988. The smallest absolute Gasteiger partial charge is 0.248 e. The maximum absolute atomic E-state index is 12.1. The van der Waals surface area contributed by atoms with Crippen LogP contribution >= 0.6 is 0 Å². The minimum absolute atomic E-state index is 0.0387. The summed E-state index contributed by atoms with van der Waals surface area (Å²) in [5.74, 6) is 0.0695. The molecule has 106 valence electrons. The molecule has 1 amide bonds. The second-order valence-corrected chi connectivity index (χ2v) is 5.21. The van der Waals surface area contributed by atoms with Crippen LogP contribution in [0.1, 0.15) is 26.3 Å². The van der Waals surface area contributed by atoms with Crippen LogP contribution in [0, 0.1) is 5.92 Å². The van der Waals surface area contributed by atoms with Crippen LogP contribution in [-0.2, 0) is 11.3 Å². The molecule has 2 rings (SSSR count). The predicted molar refractivity (Wildman–Crippen MR) is 80.5 cm³/mol. The van der Waals surface area contributed by atoms with Gasteiger partial charge in [-0.25, -0.2) is 0 Å². The molecule has 0 aliphatic carbocycles. The third kappa shape index (κ3) is 2.90. The fraction of sp³-hybridized carbons (Fsp3) is 0.375. The molecule has 0 spiro atoms. The lowest BCUT2D eigenvalue weighted by Crippen LogP contribution is -2.33. The number of nitrogens with zero attached hydrogens (tertiary/aromatic N) is 1. The highest BCUT2D eigenvalue weighted by atomic mass is 16.2. The highest BCUT2D eigenvalue weighted by Crippen LogP contribution is 2.17. The van der Waals surface area contributed by atoms with Gasteiger partial charge in [0.15, 0.2) is 0 Å². The number of carbonyl (C=O) groups is 1. The summed E-state index contributed by atoms with van der Waals surface area (Å²) in [6.45, 7) is 6.84. The molecule has 1 N–H and O–H groups in total. The SMILES string of the molecule is CCN(Cc1cc(=O)[nH]c2ccccc12)C(=O)C(C)C. The van der Waals surface area contributed by atoms with Crippen molar-refractivity contribution in [2.45, 2.75) is 27.3 Å². The lowest BCUT2D eigenvalue weighted by atomic mass is 10.1. The van der Waals surface area contributed by atoms with Crippen LogP contribution in [0.15, 0.2) is 35.1 Å². The van der Waals surface area contributed by atoms with E-state index in [0.717, 1.165) is 16.5 Å². The zero-order valence-electron chi connectivity index (χ0n) is 12.1. The van der Waals surface area contributed by atoms with Gasteiger partial charge in [0.2, 0.25) is 11.5 Å². The van der Waals surface area contributed by atoms with Crippen molar-refractivity contribution in [1.82, 2.24) is 9.88 Å². The van der Waals surface area contributed by atoms with Crippen molar-refractivity contribution in [2.24, 2.45) is 5.92 Å². The molecule has 0 atom stereocenters. The number of aromatic amines is 1. The average Bonchev–Trinajstić information content (AvgIpc) is 2.43. The molecule has 2 aromatic rings. The number of amides is 1. The first-order chi connectivity index (χ1) is 9.52. The van der Waals surface area contributed by atoms with Crippen molar-refractivity contribution in [1.29, 1.82) is 0 Å². The molecular weight excluding hydrogens is 252 g/mol. The maximum Gasteiger partial charge on any atom is 0.248 e. The third-order valence-corrected chi connectivity index (χ3v) is 3.38. The standard InChI is InChI=1S/C16H20N2O2/c1-4-18(16(20)11(2)3)10-12-9-15(19)17-14-8-6-5-7-13(12)14/h5-9,11H,4,10H2,1-3H3,(H,17,19). The Morgan fingerprint density at radius 3 is 2.65 bits per heavy atom. The van der Waals surface area contributed by atoms with Crippen LogP contribution in [0.25, 0.3) is 10.9 Å². The summed E-state index contributed by atoms with van der Waals surface area (Å²) in [6.07, 6.45) is 0. The molecular formula is C16H20N2O2. The number of carbonyl (C=O) groups excluding carboxylic acids is 1. The minimum Gasteiger partial charge on any atom is -0.338 e. The maximum atomic E-state index is 12.1. The molecule has 0 unspecified atom stereocenters. The van der Waals surface area contributed by atoms with E-state index in [9.17, 15) is 9.59 Å². The Morgan fingerprint density at radius 2 is 2.00 bits per heavy atom. The third-order valence-electron chi connectivity index (χ3n) is 3.38. The number of fused-ring (bicyclic) bond motifs is 1. The Labute approximate surface area is 118 Å². The second kappa shape index (κ2) is 5.90. The summed E-state index contributed by atoms with van der Waals surface area (Å²) in [4.78, 5) is 28.5. The van der Waals surface area contributed by atoms with Crippen molar-refractivity contribution in [2.75, 3.05) is 6.54 Å². The number of pyridine rings is 1. The van der Waals surface area contributed by atoms with E-state index in [4.69, 9.17) is 0 Å². The summed E-state index contributed by atoms with van der Waals surface area (Å²) in [7, 11) is 0. The number of aromatic nitrogens is 1. The molecule has 1 aromatic carbocycles. The van der Waals surface area contributed by atoms with E-state index in [1.807, 2.05) is 45.0 Å². The molecule has 0 radical (unpaired) electrons. The van der Waals surface area contributed by atoms with Gasteiger partial charge in [0.25, 0.3) is 0 Å². The average molecular weight is 272 g/mol. The van der Waals surface area contributed by atoms with Gasteiger partial charge < -0.3 is 9.88 Å². The van der Waals surface area contributed by atoms with Gasteiger partial charge in [-0.3, -0.25) is 9.59 Å². The van der Waals surface area contributed by atoms with Gasteiger partial charge >= 0.3 is 0 Å². The molecule has 0 fully saturated rings. The number of hydrogen-bond donors (Lipinski definition) is 1. The van der Waals surface area contributed by atoms with Crippen LogP contribution < -0.4 is 5.56 Å². The second-order valence-electron chi connectivity index (χ2n) is 5.21. The quantitative estimate of drug-likeness (QED) is 0.930. The Bertz CT molecular complexity index is 673. The van der Waals surface area contributed by atoms with Crippen LogP contribution in [0.2, 0.25) is 0 Å². The first-order valence-electron chi connectivity index (χ1n) is 6.92. The van der Waals surface area contributed by atoms with Gasteiger partial charge in [-0.1, -0.05) is 32.0 Å². The molecule has 4 heteroatoms. The van der Waals surface area contributed by atoms with Gasteiger partial charge in [0.1, 0.15) is 0 Å². The lowest BCUT2D eigenvalue weighted by Gasteiger charge is -2.23. The van der Waals surface area contributed by atoms with Crippen LogP contribution in [-0.4, -0.2) is 22.3 Å². The van der Waals surface area contributed by atoms with E-state index in [0.29, 0.717) is 13.1 Å². The molecule has 1 aromatic heterocycles. The van der Waals surface area contributed by atoms with E-state index in [1.165, 1.54) is 0 Å². The number of H-pyrrole nitrogens is 1. The van der Waals surface area contributed by atoms with E-state index >= 15 is 0 Å². The molecule has 0 saturated carbocycles. The fourth-order valence-corrected chi connectivity index (χ4v) is 2.32. The highest BCUT2D eigenvalue weighted by Gasteiger charge is 2.16. The van der Waals surface area contributed by atoms with Gasteiger partial charge in [0.05, 0.1) is 0 Å². The topological polar surface area (TPSA) is 53.2 Å². The zero-order valence-corrected chi connectivity index (χ0v) is 12.1. The predicted octanol–water partition coefficient (Wildman–Crippen LogP) is 2.53. The van der Waals surface area contributed by atoms with Gasteiger partial charge in [-0.15, -0.1) is 0 Å². The van der Waals surface area contributed by atoms with Crippen LogP contribution in [0.3, 0.4) is 0 Å². The summed E-state index contributed by atoms with van der Waals surface area (Å²) in [6, 6.07) is 9.25. The monoisotopic (exact) mass is 272 g/mol. The molecule has 0 aliphatic heterocycles. The largest absolute Gasteiger partial charge is 0.338 e. The Hall–Kier alpha value is -2.10. The summed E-state index contributed by atoms with van der Waals surface area (Å²) < 4.78 is 0. The molecule has 0 bridgehead atoms. The van der Waals surface area contributed by atoms with E-state index in [-0.39, 0.29) is 17.4 Å². The van der Waals surface area contributed by atoms with Crippen molar-refractivity contribution < 1.29 is 4.79 Å². The van der Waals surface area contributed by atoms with Crippen LogP contribution in [0.4, 0.5) is 0 Å². The van der Waals surface area contributed by atoms with Gasteiger partial charge in [0, 0.05) is 36.0 Å². The number of nitrogens with one attached hydrogen (secondary N) is 1. The van der Waals surface area contributed by atoms with Crippen molar-refractivity contribution in [3.8, 4) is 0 Å². The van der Waals surface area contributed by atoms with Crippen molar-refractivity contribution in [3.05, 3.63) is 46.2 Å². The molecule has 4 nitrogen and oxygen atoms in total. The number of rotatable bonds is 4. The van der Waals surface area contributed by atoms with Gasteiger partial charge in [-0.2, -0.15) is 0 Å². The first-order valence-corrected chi connectivity index (χ1v) is 6.92. The lowest BCUT2D eigenvalue weighted by molar-refractivity contribution is -0.134. The molecule has 1 heterocycles. The van der Waals surface area contributed by atoms with Crippen molar-refractivity contribution >= 4 is 16.8 Å². The number of hydrogen-bond acceptors (Lipinski definition) is 2. The fourth-order valence-electron chi connectivity index (χ4n) is 2.32. The Morgan fingerprint density at radius 1 is 1.30 bits per heavy atom. The Balaban J connectivity index is 2.42. The number of benzene rings is 1. The number of para-hydroxylation sites is 1. The minimum atomic E-state index is -0.133. The van der Waals surface area contributed by atoms with Crippen molar-refractivity contribution in [3.63, 3.8) is 0 Å². The van der Waals surface area contributed by atoms with Crippen LogP contribution in [0.5, 0.6) is 0 Å². The molecule has 0 aliphatic rings. The first kappa shape index (κ1) is 14.3. The van der Waals surface area contributed by atoms with Gasteiger partial charge in [-0.05, 0) is 18.6 Å². The van der Waals surface area contributed by atoms with E-state index < -0.39 is 0 Å². The highest BCUT2D eigenvalue weighted by molar-refractivity contribution is 5.83. The molecule has 20 heavy (non-hydrogen) atoms. The Kier molecular flexibility index (Phi) is 4.23. The zero-order chi connectivity index (χ0) is 14.7. The normalized spacial score (nSPS) is 11.0. The summed E-state index contributed by atoms with van der Waals surface area (Å²) in [5.41, 5.74) is 1.56.